The van der Waals surface area contributed by atoms with Gasteiger partial charge in [0.15, 0.2) is 0 Å². The Bertz CT molecular complexity index is 374. The lowest BCUT2D eigenvalue weighted by molar-refractivity contribution is -0.0212. The molecule has 0 amide bonds. The predicted octanol–water partition coefficient (Wildman–Crippen LogP) is 4.11. The van der Waals surface area contributed by atoms with Crippen LogP contribution >= 0.6 is 11.3 Å². The standard InChI is InChI=1S/C17H29NOS/c1-14-10-16(12-17(2,3)11-14)19-8-7-18-6-4-15-5-9-20-13-15/h5,9,13-14,16,18H,4,6-8,10-12H2,1-3H3. The van der Waals surface area contributed by atoms with Gasteiger partial charge in [0, 0.05) is 6.54 Å². The van der Waals surface area contributed by atoms with Crippen LogP contribution in [-0.4, -0.2) is 25.8 Å². The molecule has 1 aliphatic rings. The van der Waals surface area contributed by atoms with Crippen molar-refractivity contribution in [2.45, 2.75) is 52.6 Å². The fourth-order valence-electron chi connectivity index (χ4n) is 3.48. The highest BCUT2D eigenvalue weighted by atomic mass is 32.1. The normalized spacial score (nSPS) is 25.8. The van der Waals surface area contributed by atoms with Gasteiger partial charge in [0.05, 0.1) is 12.7 Å². The summed E-state index contributed by atoms with van der Waals surface area (Å²) in [7, 11) is 0. The summed E-state index contributed by atoms with van der Waals surface area (Å²) in [5.74, 6) is 0.801. The fourth-order valence-corrected chi connectivity index (χ4v) is 4.18. The third kappa shape index (κ3) is 5.55. The number of rotatable bonds is 7. The lowest BCUT2D eigenvalue weighted by Crippen LogP contribution is -2.34. The summed E-state index contributed by atoms with van der Waals surface area (Å²) in [5, 5.41) is 7.84. The molecule has 0 radical (unpaired) electrons. The highest BCUT2D eigenvalue weighted by Gasteiger charge is 2.32. The Morgan fingerprint density at radius 1 is 1.35 bits per heavy atom. The van der Waals surface area contributed by atoms with Crippen molar-refractivity contribution >= 4 is 11.3 Å². The summed E-state index contributed by atoms with van der Waals surface area (Å²) in [6.45, 7) is 9.96. The van der Waals surface area contributed by atoms with Crippen LogP contribution < -0.4 is 5.32 Å². The van der Waals surface area contributed by atoms with E-state index in [0.717, 1.165) is 32.0 Å². The smallest absolute Gasteiger partial charge is 0.0594 e. The van der Waals surface area contributed by atoms with E-state index in [-0.39, 0.29) is 0 Å². The molecule has 2 unspecified atom stereocenters. The second kappa shape index (κ2) is 7.58. The van der Waals surface area contributed by atoms with Crippen molar-refractivity contribution in [2.75, 3.05) is 19.7 Å². The van der Waals surface area contributed by atoms with E-state index in [0.29, 0.717) is 11.5 Å². The van der Waals surface area contributed by atoms with Gasteiger partial charge >= 0.3 is 0 Å². The van der Waals surface area contributed by atoms with Crippen LogP contribution in [0.5, 0.6) is 0 Å². The number of hydrogen-bond donors (Lipinski definition) is 1. The number of nitrogens with one attached hydrogen (secondary N) is 1. The lowest BCUT2D eigenvalue weighted by atomic mass is 9.71. The molecule has 20 heavy (non-hydrogen) atoms. The lowest BCUT2D eigenvalue weighted by Gasteiger charge is -2.38. The van der Waals surface area contributed by atoms with Crippen molar-refractivity contribution in [3.8, 4) is 0 Å². The molecule has 0 bridgehead atoms. The second-order valence-corrected chi connectivity index (χ2v) is 7.82. The molecule has 3 heteroatoms. The minimum atomic E-state index is 0.453. The van der Waals surface area contributed by atoms with Gasteiger partial charge < -0.3 is 10.1 Å². The first kappa shape index (κ1) is 16.0. The van der Waals surface area contributed by atoms with Crippen molar-refractivity contribution in [2.24, 2.45) is 11.3 Å². The van der Waals surface area contributed by atoms with Crippen LogP contribution in [-0.2, 0) is 11.2 Å². The minimum Gasteiger partial charge on any atom is -0.377 e. The summed E-state index contributed by atoms with van der Waals surface area (Å²) in [6.07, 6.45) is 5.38. The Kier molecular flexibility index (Phi) is 6.06. The molecule has 2 nitrogen and oxygen atoms in total. The van der Waals surface area contributed by atoms with E-state index in [4.69, 9.17) is 4.74 Å². The molecule has 1 fully saturated rings. The molecule has 0 saturated heterocycles. The van der Waals surface area contributed by atoms with E-state index >= 15 is 0 Å². The van der Waals surface area contributed by atoms with Crippen molar-refractivity contribution in [1.29, 1.82) is 0 Å². The van der Waals surface area contributed by atoms with Crippen molar-refractivity contribution < 1.29 is 4.74 Å². The summed E-state index contributed by atoms with van der Waals surface area (Å²) in [5.41, 5.74) is 1.89. The molecule has 0 aliphatic heterocycles. The Morgan fingerprint density at radius 2 is 2.20 bits per heavy atom. The van der Waals surface area contributed by atoms with E-state index in [1.165, 1.54) is 24.8 Å². The largest absolute Gasteiger partial charge is 0.377 e. The van der Waals surface area contributed by atoms with Gasteiger partial charge in [-0.25, -0.2) is 0 Å². The van der Waals surface area contributed by atoms with Gasteiger partial charge in [-0.15, -0.1) is 0 Å². The average molecular weight is 295 g/mol. The SMILES string of the molecule is CC1CC(OCCNCCc2ccsc2)CC(C)(C)C1. The van der Waals surface area contributed by atoms with Gasteiger partial charge in [-0.1, -0.05) is 20.8 Å². The molecule has 2 rings (SSSR count). The molecule has 1 heterocycles. The van der Waals surface area contributed by atoms with Gasteiger partial charge in [0.2, 0.25) is 0 Å². The highest BCUT2D eigenvalue weighted by Crippen LogP contribution is 2.39. The summed E-state index contributed by atoms with van der Waals surface area (Å²) >= 11 is 1.77. The fraction of sp³-hybridized carbons (Fsp3) is 0.765. The van der Waals surface area contributed by atoms with Crippen molar-refractivity contribution in [3.63, 3.8) is 0 Å². The Balaban J connectivity index is 1.54. The maximum atomic E-state index is 6.07. The zero-order valence-electron chi connectivity index (χ0n) is 13.2. The van der Waals surface area contributed by atoms with E-state index in [2.05, 4.69) is 42.9 Å². The monoisotopic (exact) mass is 295 g/mol. The molecule has 2 atom stereocenters. The highest BCUT2D eigenvalue weighted by molar-refractivity contribution is 7.07. The van der Waals surface area contributed by atoms with Crippen LogP contribution in [0.1, 0.15) is 45.6 Å². The topological polar surface area (TPSA) is 21.3 Å². The second-order valence-electron chi connectivity index (χ2n) is 7.04. The minimum absolute atomic E-state index is 0.453. The van der Waals surface area contributed by atoms with Crippen LogP contribution in [0.15, 0.2) is 16.8 Å². The first-order chi connectivity index (χ1) is 9.55. The molecule has 1 N–H and O–H groups in total. The molecular formula is C17H29NOS. The zero-order chi connectivity index (χ0) is 14.4. The third-order valence-corrected chi connectivity index (χ3v) is 4.88. The summed E-state index contributed by atoms with van der Waals surface area (Å²) in [6, 6.07) is 2.20. The van der Waals surface area contributed by atoms with Gasteiger partial charge in [-0.2, -0.15) is 11.3 Å². The molecular weight excluding hydrogens is 266 g/mol. The maximum Gasteiger partial charge on any atom is 0.0594 e. The zero-order valence-corrected chi connectivity index (χ0v) is 14.0. The number of hydrogen-bond acceptors (Lipinski definition) is 3. The van der Waals surface area contributed by atoms with Crippen molar-refractivity contribution in [3.05, 3.63) is 22.4 Å². The van der Waals surface area contributed by atoms with Crippen LogP contribution in [0.25, 0.3) is 0 Å². The van der Waals surface area contributed by atoms with Crippen LogP contribution in [0, 0.1) is 11.3 Å². The first-order valence-corrected chi connectivity index (χ1v) is 8.83. The van der Waals surface area contributed by atoms with Gasteiger partial charge in [-0.05, 0) is 66.0 Å². The molecule has 1 aromatic heterocycles. The first-order valence-electron chi connectivity index (χ1n) is 7.88. The van der Waals surface area contributed by atoms with Crippen LogP contribution in [0.4, 0.5) is 0 Å². The summed E-state index contributed by atoms with van der Waals surface area (Å²) in [4.78, 5) is 0. The molecule has 0 spiro atoms. The van der Waals surface area contributed by atoms with Gasteiger partial charge in [-0.3, -0.25) is 0 Å². The predicted molar refractivity (Wildman–Crippen MR) is 87.4 cm³/mol. The Hall–Kier alpha value is -0.380. The maximum absolute atomic E-state index is 6.07. The molecule has 1 saturated carbocycles. The quantitative estimate of drug-likeness (QED) is 0.764. The number of ether oxygens (including phenoxy) is 1. The summed E-state index contributed by atoms with van der Waals surface area (Å²) < 4.78 is 6.07. The van der Waals surface area contributed by atoms with Crippen LogP contribution in [0.2, 0.25) is 0 Å². The van der Waals surface area contributed by atoms with Crippen molar-refractivity contribution in [1.82, 2.24) is 5.32 Å². The Labute approximate surface area is 127 Å². The molecule has 0 aromatic carbocycles. The molecule has 1 aromatic rings. The van der Waals surface area contributed by atoms with Crippen LogP contribution in [0.3, 0.4) is 0 Å². The number of thiophene rings is 1. The van der Waals surface area contributed by atoms with E-state index in [9.17, 15) is 0 Å². The van der Waals surface area contributed by atoms with Gasteiger partial charge in [0.1, 0.15) is 0 Å². The van der Waals surface area contributed by atoms with Gasteiger partial charge in [0.25, 0.3) is 0 Å². The molecule has 114 valence electrons. The Morgan fingerprint density at radius 3 is 2.90 bits per heavy atom. The average Bonchev–Trinajstić information content (AvgIpc) is 2.84. The van der Waals surface area contributed by atoms with E-state index in [1.807, 2.05) is 0 Å². The molecule has 1 aliphatic carbocycles. The van der Waals surface area contributed by atoms with E-state index < -0.39 is 0 Å². The van der Waals surface area contributed by atoms with E-state index in [1.54, 1.807) is 11.3 Å². The third-order valence-electron chi connectivity index (χ3n) is 4.15.